The maximum Gasteiger partial charge on any atom is 0.265 e. The minimum absolute atomic E-state index is 0.163. The second-order valence-corrected chi connectivity index (χ2v) is 10.1. The van der Waals surface area contributed by atoms with Gasteiger partial charge in [-0.25, -0.2) is 9.67 Å². The monoisotopic (exact) mass is 528 g/mol. The van der Waals surface area contributed by atoms with E-state index in [0.717, 1.165) is 17.1 Å². The van der Waals surface area contributed by atoms with Crippen LogP contribution >= 0.6 is 23.4 Å². The van der Waals surface area contributed by atoms with Gasteiger partial charge in [-0.15, -0.1) is 0 Å². The van der Waals surface area contributed by atoms with Crippen molar-refractivity contribution in [3.05, 3.63) is 100 Å². The summed E-state index contributed by atoms with van der Waals surface area (Å²) in [5.74, 6) is 0.427. The summed E-state index contributed by atoms with van der Waals surface area (Å²) >= 11 is 7.59. The molecule has 0 spiro atoms. The SMILES string of the molecule is O=C(CC1CSc2nc3c(cnn3-c3cccc(Cl)c3)c(=O)n21)Nc1ccc(Nc2ccccc2)cc1. The van der Waals surface area contributed by atoms with Gasteiger partial charge in [-0.2, -0.15) is 5.10 Å². The van der Waals surface area contributed by atoms with Crippen LogP contribution in [0.5, 0.6) is 0 Å². The van der Waals surface area contributed by atoms with Gasteiger partial charge in [-0.1, -0.05) is 47.6 Å². The molecule has 1 atom stereocenters. The molecule has 37 heavy (non-hydrogen) atoms. The van der Waals surface area contributed by atoms with Crippen LogP contribution in [0, 0.1) is 0 Å². The van der Waals surface area contributed by atoms with E-state index in [4.69, 9.17) is 16.6 Å². The van der Waals surface area contributed by atoms with Gasteiger partial charge in [0.25, 0.3) is 5.56 Å². The fourth-order valence-electron chi connectivity index (χ4n) is 4.33. The fraction of sp³-hybridized carbons (Fsp3) is 0.111. The first kappa shape index (κ1) is 23.3. The van der Waals surface area contributed by atoms with Crippen LogP contribution in [-0.2, 0) is 4.79 Å². The topological polar surface area (TPSA) is 93.8 Å². The minimum Gasteiger partial charge on any atom is -0.356 e. The van der Waals surface area contributed by atoms with Gasteiger partial charge in [0, 0.05) is 34.3 Å². The number of halogens is 1. The molecule has 6 rings (SSSR count). The molecular weight excluding hydrogens is 508 g/mol. The van der Waals surface area contributed by atoms with Crippen LogP contribution in [0.1, 0.15) is 12.5 Å². The van der Waals surface area contributed by atoms with Crippen LogP contribution < -0.4 is 16.2 Å². The molecule has 1 amide bonds. The number of para-hydroxylation sites is 1. The molecule has 1 unspecified atom stereocenters. The molecule has 1 aliphatic heterocycles. The third kappa shape index (κ3) is 4.71. The van der Waals surface area contributed by atoms with Crippen molar-refractivity contribution in [2.24, 2.45) is 0 Å². The molecule has 0 saturated heterocycles. The van der Waals surface area contributed by atoms with Crippen LogP contribution in [0.25, 0.3) is 16.7 Å². The Kier molecular flexibility index (Phi) is 6.15. The van der Waals surface area contributed by atoms with Crippen LogP contribution in [-0.4, -0.2) is 31.0 Å². The quantitative estimate of drug-likeness (QED) is 0.276. The molecule has 3 aromatic carbocycles. The van der Waals surface area contributed by atoms with E-state index in [1.807, 2.05) is 66.7 Å². The molecule has 8 nitrogen and oxygen atoms in total. The van der Waals surface area contributed by atoms with Crippen LogP contribution in [0.4, 0.5) is 17.1 Å². The second kappa shape index (κ2) is 9.76. The Morgan fingerprint density at radius 1 is 1.00 bits per heavy atom. The average Bonchev–Trinajstić information content (AvgIpc) is 3.51. The van der Waals surface area contributed by atoms with E-state index in [1.54, 1.807) is 21.4 Å². The number of fused-ring (bicyclic) bond motifs is 2. The van der Waals surface area contributed by atoms with Gasteiger partial charge in [0.15, 0.2) is 10.8 Å². The number of carbonyl (C=O) groups is 1. The average molecular weight is 529 g/mol. The van der Waals surface area contributed by atoms with E-state index in [2.05, 4.69) is 15.7 Å². The lowest BCUT2D eigenvalue weighted by atomic mass is 10.2. The summed E-state index contributed by atoms with van der Waals surface area (Å²) in [6, 6.07) is 24.3. The highest BCUT2D eigenvalue weighted by Gasteiger charge is 2.29. The fourth-order valence-corrected chi connectivity index (χ4v) is 5.64. The minimum atomic E-state index is -0.294. The lowest BCUT2D eigenvalue weighted by Gasteiger charge is -2.14. The molecule has 0 aliphatic carbocycles. The number of benzene rings is 3. The summed E-state index contributed by atoms with van der Waals surface area (Å²) in [4.78, 5) is 30.9. The largest absolute Gasteiger partial charge is 0.356 e. The van der Waals surface area contributed by atoms with Gasteiger partial charge in [0.2, 0.25) is 5.91 Å². The van der Waals surface area contributed by atoms with Gasteiger partial charge in [0.05, 0.1) is 17.9 Å². The standard InChI is InChI=1S/C27H21ClN6O2S/c28-17-5-4-8-21(13-17)34-25-23(15-29-34)26(36)33-22(16-37-27(33)32-25)14-24(35)31-20-11-9-19(10-12-20)30-18-6-2-1-3-7-18/h1-13,15,22,30H,14,16H2,(H,31,35). The number of thioether (sulfide) groups is 1. The van der Waals surface area contributed by atoms with Gasteiger partial charge >= 0.3 is 0 Å². The van der Waals surface area contributed by atoms with E-state index >= 15 is 0 Å². The third-order valence-electron chi connectivity index (χ3n) is 6.08. The maximum atomic E-state index is 13.4. The predicted octanol–water partition coefficient (Wildman–Crippen LogP) is 5.65. The zero-order valence-corrected chi connectivity index (χ0v) is 21.0. The van der Waals surface area contributed by atoms with Gasteiger partial charge in [-0.05, 0) is 54.6 Å². The highest BCUT2D eigenvalue weighted by Crippen LogP contribution is 2.34. The van der Waals surface area contributed by atoms with Crippen molar-refractivity contribution in [3.8, 4) is 5.69 Å². The van der Waals surface area contributed by atoms with Gasteiger partial charge < -0.3 is 10.6 Å². The summed E-state index contributed by atoms with van der Waals surface area (Å²) < 4.78 is 3.23. The van der Waals surface area contributed by atoms with Gasteiger partial charge in [0.1, 0.15) is 5.39 Å². The Labute approximate surface area is 221 Å². The summed E-state index contributed by atoms with van der Waals surface area (Å²) in [7, 11) is 0. The molecule has 0 saturated carbocycles. The number of amides is 1. The van der Waals surface area contributed by atoms with Crippen molar-refractivity contribution < 1.29 is 4.79 Å². The molecule has 0 bridgehead atoms. The number of carbonyl (C=O) groups excluding carboxylic acids is 1. The first-order valence-electron chi connectivity index (χ1n) is 11.7. The maximum absolute atomic E-state index is 13.4. The predicted molar refractivity (Wildman–Crippen MR) is 147 cm³/mol. The van der Waals surface area contributed by atoms with Crippen molar-refractivity contribution in [1.29, 1.82) is 0 Å². The number of aromatic nitrogens is 4. The summed E-state index contributed by atoms with van der Waals surface area (Å²) in [5, 5.41) is 12.2. The highest BCUT2D eigenvalue weighted by molar-refractivity contribution is 7.99. The molecule has 2 aromatic heterocycles. The zero-order valence-electron chi connectivity index (χ0n) is 19.5. The van der Waals surface area contributed by atoms with E-state index in [0.29, 0.717) is 32.7 Å². The molecule has 3 heterocycles. The Bertz CT molecular complexity index is 1670. The number of anilines is 3. The summed E-state index contributed by atoms with van der Waals surface area (Å²) in [6.07, 6.45) is 1.68. The highest BCUT2D eigenvalue weighted by atomic mass is 35.5. The molecule has 1 aliphatic rings. The van der Waals surface area contributed by atoms with E-state index in [9.17, 15) is 9.59 Å². The molecule has 0 radical (unpaired) electrons. The Hall–Kier alpha value is -4.08. The van der Waals surface area contributed by atoms with Crippen molar-refractivity contribution in [2.45, 2.75) is 17.6 Å². The normalized spacial score (nSPS) is 14.5. The van der Waals surface area contributed by atoms with Crippen LogP contribution in [0.2, 0.25) is 5.02 Å². The Morgan fingerprint density at radius 3 is 2.54 bits per heavy atom. The first-order chi connectivity index (χ1) is 18.0. The van der Waals surface area contributed by atoms with Crippen LogP contribution in [0.3, 0.4) is 0 Å². The third-order valence-corrected chi connectivity index (χ3v) is 7.41. The number of nitrogens with zero attached hydrogens (tertiary/aromatic N) is 4. The number of hydrogen-bond donors (Lipinski definition) is 2. The smallest absolute Gasteiger partial charge is 0.265 e. The molecule has 10 heteroatoms. The molecule has 0 fully saturated rings. The Balaban J connectivity index is 1.18. The van der Waals surface area contributed by atoms with Crippen LogP contribution in [0.15, 0.2) is 95.0 Å². The molecule has 184 valence electrons. The number of hydrogen-bond acceptors (Lipinski definition) is 6. The van der Waals surface area contributed by atoms with Crippen molar-refractivity contribution in [1.82, 2.24) is 19.3 Å². The lowest BCUT2D eigenvalue weighted by Crippen LogP contribution is -2.27. The van der Waals surface area contributed by atoms with Gasteiger partial charge in [-0.3, -0.25) is 14.2 Å². The molecule has 2 N–H and O–H groups in total. The molecule has 5 aromatic rings. The number of rotatable bonds is 6. The Morgan fingerprint density at radius 2 is 1.76 bits per heavy atom. The van der Waals surface area contributed by atoms with Crippen molar-refractivity contribution in [3.63, 3.8) is 0 Å². The first-order valence-corrected chi connectivity index (χ1v) is 13.0. The lowest BCUT2D eigenvalue weighted by molar-refractivity contribution is -0.116. The van der Waals surface area contributed by atoms with E-state index in [-0.39, 0.29) is 23.9 Å². The van der Waals surface area contributed by atoms with E-state index < -0.39 is 0 Å². The second-order valence-electron chi connectivity index (χ2n) is 8.63. The van der Waals surface area contributed by atoms with Crippen molar-refractivity contribution >= 4 is 57.4 Å². The zero-order chi connectivity index (χ0) is 25.4. The number of nitrogens with one attached hydrogen (secondary N) is 2. The van der Waals surface area contributed by atoms with E-state index in [1.165, 1.54) is 18.0 Å². The molecular formula is C27H21ClN6O2S. The van der Waals surface area contributed by atoms with Crippen molar-refractivity contribution in [2.75, 3.05) is 16.4 Å². The summed E-state index contributed by atoms with van der Waals surface area (Å²) in [6.45, 7) is 0. The summed E-state index contributed by atoms with van der Waals surface area (Å²) in [5.41, 5.74) is 3.60.